The van der Waals surface area contributed by atoms with E-state index in [1.807, 2.05) is 13.8 Å². The van der Waals surface area contributed by atoms with Gasteiger partial charge in [-0.3, -0.25) is 14.9 Å². The number of nitro benzene ring substituents is 1. The molecule has 0 saturated carbocycles. The molecule has 1 rings (SSSR count). The third-order valence-corrected chi connectivity index (χ3v) is 3.82. The van der Waals surface area contributed by atoms with Crippen LogP contribution < -0.4 is 0 Å². The maximum absolute atomic E-state index is 11.9. The smallest absolute Gasteiger partial charge is 0.352 e. The van der Waals surface area contributed by atoms with Gasteiger partial charge in [-0.1, -0.05) is 26.8 Å². The van der Waals surface area contributed by atoms with Crippen LogP contribution in [0.1, 0.15) is 31.1 Å². The van der Waals surface area contributed by atoms with Gasteiger partial charge in [0.1, 0.15) is 5.56 Å². The first-order valence-electron chi connectivity index (χ1n) is 5.94. The van der Waals surface area contributed by atoms with Crippen molar-refractivity contribution in [2.75, 3.05) is 0 Å². The first-order valence-corrected chi connectivity index (χ1v) is 7.02. The lowest BCUT2D eigenvalue weighted by Crippen LogP contribution is -2.23. The molecule has 0 amide bonds. The van der Waals surface area contributed by atoms with E-state index in [2.05, 4.69) is 0 Å². The van der Waals surface area contributed by atoms with Gasteiger partial charge in [0.2, 0.25) is 0 Å². The number of hydrogen-bond donors (Lipinski definition) is 0. The van der Waals surface area contributed by atoms with Gasteiger partial charge in [0.05, 0.1) is 14.4 Å². The van der Waals surface area contributed by atoms with E-state index in [1.165, 1.54) is 18.2 Å². The normalized spacial score (nSPS) is 12.1. The Hall–Kier alpha value is -1.51. The summed E-state index contributed by atoms with van der Waals surface area (Å²) in [4.78, 5) is 34.0. The number of carbonyl (C=O) groups is 2. The molecule has 0 saturated heterocycles. The molecule has 0 aliphatic rings. The van der Waals surface area contributed by atoms with E-state index in [0.717, 1.165) is 0 Å². The minimum absolute atomic E-state index is 0.0150. The Morgan fingerprint density at radius 1 is 1.30 bits per heavy atom. The van der Waals surface area contributed by atoms with E-state index < -0.39 is 22.8 Å². The first kappa shape index (κ1) is 16.5. The van der Waals surface area contributed by atoms with Crippen LogP contribution in [0.25, 0.3) is 0 Å². The molecule has 1 aromatic carbocycles. The van der Waals surface area contributed by atoms with Gasteiger partial charge in [0, 0.05) is 0 Å². The monoisotopic (exact) mass is 391 g/mol. The highest BCUT2D eigenvalue weighted by Gasteiger charge is 2.28. The average molecular weight is 391 g/mol. The molecule has 0 radical (unpaired) electrons. The second-order valence-electron chi connectivity index (χ2n) is 4.63. The molecule has 0 heterocycles. The van der Waals surface area contributed by atoms with Crippen LogP contribution in [0.15, 0.2) is 18.2 Å². The minimum Gasteiger partial charge on any atom is -0.389 e. The van der Waals surface area contributed by atoms with Crippen molar-refractivity contribution in [2.45, 2.75) is 20.8 Å². The summed E-state index contributed by atoms with van der Waals surface area (Å²) in [7, 11) is 0. The Morgan fingerprint density at radius 3 is 2.40 bits per heavy atom. The largest absolute Gasteiger partial charge is 0.389 e. The van der Waals surface area contributed by atoms with E-state index >= 15 is 0 Å². The Bertz CT molecular complexity index is 556. The summed E-state index contributed by atoms with van der Waals surface area (Å²) in [6, 6.07) is 4.28. The molecule has 0 aromatic heterocycles. The van der Waals surface area contributed by atoms with Crippen LogP contribution in [0, 0.1) is 25.5 Å². The Labute approximate surface area is 129 Å². The zero-order chi connectivity index (χ0) is 15.4. The van der Waals surface area contributed by atoms with Gasteiger partial charge >= 0.3 is 11.9 Å². The van der Waals surface area contributed by atoms with Crippen molar-refractivity contribution in [1.82, 2.24) is 0 Å². The van der Waals surface area contributed by atoms with Crippen molar-refractivity contribution in [3.05, 3.63) is 37.4 Å². The third kappa shape index (κ3) is 3.75. The van der Waals surface area contributed by atoms with Gasteiger partial charge in [-0.25, -0.2) is 4.79 Å². The number of hydrogen-bond acceptors (Lipinski definition) is 5. The average Bonchev–Trinajstić information content (AvgIpc) is 2.36. The van der Waals surface area contributed by atoms with Crippen molar-refractivity contribution < 1.29 is 19.2 Å². The van der Waals surface area contributed by atoms with E-state index in [0.29, 0.717) is 3.57 Å². The topological polar surface area (TPSA) is 86.5 Å². The maximum Gasteiger partial charge on any atom is 0.352 e. The molecule has 0 aliphatic carbocycles. The van der Waals surface area contributed by atoms with Crippen molar-refractivity contribution >= 4 is 40.2 Å². The lowest BCUT2D eigenvalue weighted by molar-refractivity contribution is -0.386. The highest BCUT2D eigenvalue weighted by Crippen LogP contribution is 2.26. The molecule has 0 fully saturated rings. The SMILES string of the molecule is CC(C)C(C)C(=O)OC(=O)c1cccc(I)c1[N+](=O)[O-]. The molecule has 0 N–H and O–H groups in total. The Kier molecular flexibility index (Phi) is 5.61. The number of halogens is 1. The number of esters is 2. The van der Waals surface area contributed by atoms with Gasteiger partial charge in [-0.2, -0.15) is 0 Å². The van der Waals surface area contributed by atoms with Crippen molar-refractivity contribution in [2.24, 2.45) is 11.8 Å². The van der Waals surface area contributed by atoms with Crippen LogP contribution in [0.3, 0.4) is 0 Å². The van der Waals surface area contributed by atoms with Crippen LogP contribution in [-0.2, 0) is 9.53 Å². The zero-order valence-corrected chi connectivity index (χ0v) is 13.4. The quantitative estimate of drug-likeness (QED) is 0.259. The summed E-state index contributed by atoms with van der Waals surface area (Å²) < 4.78 is 5.03. The highest BCUT2D eigenvalue weighted by atomic mass is 127. The molecule has 1 atom stereocenters. The minimum atomic E-state index is -0.993. The molecule has 20 heavy (non-hydrogen) atoms. The highest BCUT2D eigenvalue weighted by molar-refractivity contribution is 14.1. The second kappa shape index (κ2) is 6.78. The third-order valence-electron chi connectivity index (χ3n) is 2.95. The lowest BCUT2D eigenvalue weighted by Gasteiger charge is -2.13. The van der Waals surface area contributed by atoms with Crippen LogP contribution in [0.2, 0.25) is 0 Å². The summed E-state index contributed by atoms with van der Waals surface area (Å²) in [6.45, 7) is 5.29. The van der Waals surface area contributed by atoms with Crippen molar-refractivity contribution in [3.8, 4) is 0 Å². The molecule has 108 valence electrons. The molecule has 1 aromatic rings. The second-order valence-corrected chi connectivity index (χ2v) is 5.80. The Balaban J connectivity index is 3.02. The standard InChI is InChI=1S/C13H14INO5/c1-7(2)8(3)12(16)20-13(17)9-5-4-6-10(14)11(9)15(18)19/h4-8H,1-3H3. The molecular formula is C13H14INO5. The maximum atomic E-state index is 11.9. The molecule has 0 aliphatic heterocycles. The van der Waals surface area contributed by atoms with Crippen LogP contribution in [-0.4, -0.2) is 16.9 Å². The summed E-state index contributed by atoms with van der Waals surface area (Å²) in [5, 5.41) is 11.0. The lowest BCUT2D eigenvalue weighted by atomic mass is 9.98. The van der Waals surface area contributed by atoms with Crippen molar-refractivity contribution in [3.63, 3.8) is 0 Å². The van der Waals surface area contributed by atoms with Gasteiger partial charge in [0.15, 0.2) is 0 Å². The fourth-order valence-corrected chi connectivity index (χ4v) is 2.07. The van der Waals surface area contributed by atoms with E-state index in [1.54, 1.807) is 29.5 Å². The fourth-order valence-electron chi connectivity index (χ4n) is 1.38. The number of nitrogens with zero attached hydrogens (tertiary/aromatic N) is 1. The number of benzene rings is 1. The van der Waals surface area contributed by atoms with Gasteiger partial charge < -0.3 is 4.74 Å². The summed E-state index contributed by atoms with van der Waals surface area (Å²) in [5.41, 5.74) is -0.561. The fraction of sp³-hybridized carbons (Fsp3) is 0.385. The summed E-state index contributed by atoms with van der Waals surface area (Å²) >= 11 is 1.76. The molecule has 1 unspecified atom stereocenters. The van der Waals surface area contributed by atoms with Gasteiger partial charge in [0.25, 0.3) is 5.69 Å². The number of ether oxygens (including phenoxy) is 1. The molecule has 0 bridgehead atoms. The summed E-state index contributed by atoms with van der Waals surface area (Å²) in [6.07, 6.45) is 0. The van der Waals surface area contributed by atoms with Crippen LogP contribution >= 0.6 is 22.6 Å². The first-order chi connectivity index (χ1) is 9.25. The van der Waals surface area contributed by atoms with E-state index in [-0.39, 0.29) is 17.2 Å². The van der Waals surface area contributed by atoms with Crippen LogP contribution in [0.5, 0.6) is 0 Å². The summed E-state index contributed by atoms with van der Waals surface area (Å²) in [5.74, 6) is -2.12. The zero-order valence-electron chi connectivity index (χ0n) is 11.3. The van der Waals surface area contributed by atoms with Crippen molar-refractivity contribution in [1.29, 1.82) is 0 Å². The molecule has 7 heteroatoms. The predicted molar refractivity (Wildman–Crippen MR) is 80.2 cm³/mol. The Morgan fingerprint density at radius 2 is 1.90 bits per heavy atom. The predicted octanol–water partition coefficient (Wildman–Crippen LogP) is 3.17. The van der Waals surface area contributed by atoms with Gasteiger partial charge in [-0.15, -0.1) is 0 Å². The molecule has 6 nitrogen and oxygen atoms in total. The van der Waals surface area contributed by atoms with E-state index in [4.69, 9.17) is 4.74 Å². The van der Waals surface area contributed by atoms with Gasteiger partial charge in [-0.05, 0) is 40.6 Å². The number of para-hydroxylation sites is 1. The molecular weight excluding hydrogens is 377 g/mol. The molecule has 0 spiro atoms. The van der Waals surface area contributed by atoms with E-state index in [9.17, 15) is 19.7 Å². The number of carbonyl (C=O) groups excluding carboxylic acids is 2. The number of nitro groups is 1. The number of rotatable bonds is 4. The van der Waals surface area contributed by atoms with Crippen LogP contribution in [0.4, 0.5) is 5.69 Å².